The van der Waals surface area contributed by atoms with Gasteiger partial charge >= 0.3 is 0 Å². The molecule has 0 saturated heterocycles. The van der Waals surface area contributed by atoms with Gasteiger partial charge in [0.25, 0.3) is 0 Å². The molecule has 1 heterocycles. The van der Waals surface area contributed by atoms with Gasteiger partial charge in [-0.15, -0.1) is 6.42 Å². The molecule has 1 nitrogen and oxygen atoms in total. The molecule has 0 unspecified atom stereocenters. The standard InChI is InChI=1S/C13H15N/c1-3-9-14-10-8-12-6-4-5-7-13(12)11(14)2/h1,4-7,11H,8-10H2,2H3/t11-/m1/s1. The van der Waals surface area contributed by atoms with Crippen molar-refractivity contribution in [3.63, 3.8) is 0 Å². The van der Waals surface area contributed by atoms with Gasteiger partial charge in [-0.1, -0.05) is 30.2 Å². The van der Waals surface area contributed by atoms with Crippen LogP contribution in [-0.2, 0) is 6.42 Å². The lowest BCUT2D eigenvalue weighted by Crippen LogP contribution is -2.34. The Bertz CT molecular complexity index is 362. The van der Waals surface area contributed by atoms with Gasteiger partial charge in [0.2, 0.25) is 0 Å². The number of hydrogen-bond acceptors (Lipinski definition) is 1. The summed E-state index contributed by atoms with van der Waals surface area (Å²) in [7, 11) is 0. The Morgan fingerprint density at radius 3 is 3.07 bits per heavy atom. The van der Waals surface area contributed by atoms with Crippen molar-refractivity contribution < 1.29 is 0 Å². The van der Waals surface area contributed by atoms with Crippen LogP contribution in [0.3, 0.4) is 0 Å². The van der Waals surface area contributed by atoms with Crippen LogP contribution in [0.15, 0.2) is 24.3 Å². The molecule has 2 rings (SSSR count). The monoisotopic (exact) mass is 185 g/mol. The zero-order valence-corrected chi connectivity index (χ0v) is 8.53. The maximum atomic E-state index is 5.35. The van der Waals surface area contributed by atoms with E-state index in [4.69, 9.17) is 6.42 Å². The van der Waals surface area contributed by atoms with Crippen LogP contribution in [0.2, 0.25) is 0 Å². The minimum atomic E-state index is 0.469. The third-order valence-electron chi connectivity index (χ3n) is 3.02. The van der Waals surface area contributed by atoms with Crippen LogP contribution in [0.4, 0.5) is 0 Å². The number of hydrogen-bond donors (Lipinski definition) is 0. The third kappa shape index (κ3) is 1.54. The molecule has 0 N–H and O–H groups in total. The Balaban J connectivity index is 2.28. The first kappa shape index (κ1) is 9.30. The van der Waals surface area contributed by atoms with Crippen molar-refractivity contribution in [3.8, 4) is 12.3 Å². The molecule has 0 bridgehead atoms. The average Bonchev–Trinajstić information content (AvgIpc) is 2.23. The SMILES string of the molecule is C#CCN1CCc2ccccc2[C@H]1C. The lowest BCUT2D eigenvalue weighted by molar-refractivity contribution is 0.225. The van der Waals surface area contributed by atoms with E-state index in [1.165, 1.54) is 11.1 Å². The van der Waals surface area contributed by atoms with Gasteiger partial charge in [-0.05, 0) is 24.5 Å². The minimum absolute atomic E-state index is 0.469. The lowest BCUT2D eigenvalue weighted by Gasteiger charge is -2.33. The third-order valence-corrected chi connectivity index (χ3v) is 3.02. The summed E-state index contributed by atoms with van der Waals surface area (Å²) in [6.45, 7) is 4.08. The molecule has 0 aromatic heterocycles. The molecular weight excluding hydrogens is 170 g/mol. The van der Waals surface area contributed by atoms with Gasteiger partial charge in [0.1, 0.15) is 0 Å². The molecule has 14 heavy (non-hydrogen) atoms. The highest BCUT2D eigenvalue weighted by molar-refractivity contribution is 5.32. The van der Waals surface area contributed by atoms with Crippen LogP contribution in [0.25, 0.3) is 0 Å². The van der Waals surface area contributed by atoms with Gasteiger partial charge in [-0.25, -0.2) is 0 Å². The summed E-state index contributed by atoms with van der Waals surface area (Å²) in [6.07, 6.45) is 6.48. The Kier molecular flexibility index (Phi) is 2.56. The first-order chi connectivity index (χ1) is 6.83. The zero-order valence-electron chi connectivity index (χ0n) is 8.53. The fraction of sp³-hybridized carbons (Fsp3) is 0.385. The van der Waals surface area contributed by atoms with E-state index in [1.807, 2.05) is 0 Å². The van der Waals surface area contributed by atoms with E-state index in [2.05, 4.69) is 42.0 Å². The summed E-state index contributed by atoms with van der Waals surface area (Å²) in [5, 5.41) is 0. The highest BCUT2D eigenvalue weighted by Crippen LogP contribution is 2.28. The Morgan fingerprint density at radius 2 is 2.29 bits per heavy atom. The normalized spacial score (nSPS) is 21.3. The van der Waals surface area contributed by atoms with E-state index in [1.54, 1.807) is 0 Å². The molecule has 0 amide bonds. The fourth-order valence-corrected chi connectivity index (χ4v) is 2.16. The molecule has 1 atom stereocenters. The molecule has 1 aromatic carbocycles. The van der Waals surface area contributed by atoms with E-state index in [0.29, 0.717) is 6.04 Å². The van der Waals surface area contributed by atoms with Crippen LogP contribution < -0.4 is 0 Å². The van der Waals surface area contributed by atoms with Crippen LogP contribution in [0, 0.1) is 12.3 Å². The highest BCUT2D eigenvalue weighted by atomic mass is 15.1. The summed E-state index contributed by atoms with van der Waals surface area (Å²) in [5.41, 5.74) is 2.92. The molecule has 0 aliphatic carbocycles. The van der Waals surface area contributed by atoms with Crippen molar-refractivity contribution in [2.75, 3.05) is 13.1 Å². The van der Waals surface area contributed by atoms with Gasteiger partial charge in [0.05, 0.1) is 6.54 Å². The number of rotatable bonds is 1. The van der Waals surface area contributed by atoms with Crippen LogP contribution in [-0.4, -0.2) is 18.0 Å². The van der Waals surface area contributed by atoms with Crippen LogP contribution in [0.5, 0.6) is 0 Å². The van der Waals surface area contributed by atoms with Crippen molar-refractivity contribution in [2.45, 2.75) is 19.4 Å². The van der Waals surface area contributed by atoms with Crippen molar-refractivity contribution in [3.05, 3.63) is 35.4 Å². The Hall–Kier alpha value is -1.26. The van der Waals surface area contributed by atoms with E-state index in [-0.39, 0.29) is 0 Å². The molecule has 1 aromatic rings. The fourth-order valence-electron chi connectivity index (χ4n) is 2.16. The summed E-state index contributed by atoms with van der Waals surface area (Å²) >= 11 is 0. The van der Waals surface area contributed by atoms with E-state index in [9.17, 15) is 0 Å². The van der Waals surface area contributed by atoms with Crippen LogP contribution >= 0.6 is 0 Å². The second-order valence-corrected chi connectivity index (χ2v) is 3.80. The molecule has 1 aliphatic heterocycles. The van der Waals surface area contributed by atoms with Gasteiger partial charge in [0.15, 0.2) is 0 Å². The van der Waals surface area contributed by atoms with Crippen molar-refractivity contribution in [1.29, 1.82) is 0 Å². The summed E-state index contributed by atoms with van der Waals surface area (Å²) in [5.74, 6) is 2.72. The Labute approximate surface area is 85.7 Å². The van der Waals surface area contributed by atoms with Gasteiger partial charge in [-0.2, -0.15) is 0 Å². The van der Waals surface area contributed by atoms with Crippen LogP contribution in [0.1, 0.15) is 24.1 Å². The smallest absolute Gasteiger partial charge is 0.0604 e. The molecule has 72 valence electrons. The van der Waals surface area contributed by atoms with Gasteiger partial charge in [0, 0.05) is 12.6 Å². The van der Waals surface area contributed by atoms with Gasteiger partial charge in [-0.3, -0.25) is 4.90 Å². The maximum Gasteiger partial charge on any atom is 0.0604 e. The maximum absolute atomic E-state index is 5.35. The second kappa shape index (κ2) is 3.86. The molecule has 0 spiro atoms. The Morgan fingerprint density at radius 1 is 1.50 bits per heavy atom. The molecule has 0 radical (unpaired) electrons. The first-order valence-electron chi connectivity index (χ1n) is 5.08. The van der Waals surface area contributed by atoms with E-state index >= 15 is 0 Å². The molecule has 1 heteroatoms. The number of terminal acetylenes is 1. The summed E-state index contributed by atoms with van der Waals surface area (Å²) in [4.78, 5) is 2.35. The molecule has 0 fully saturated rings. The minimum Gasteiger partial charge on any atom is -0.285 e. The van der Waals surface area contributed by atoms with E-state index in [0.717, 1.165) is 19.5 Å². The second-order valence-electron chi connectivity index (χ2n) is 3.80. The number of fused-ring (bicyclic) bond motifs is 1. The largest absolute Gasteiger partial charge is 0.285 e. The summed E-state index contributed by atoms with van der Waals surface area (Å²) < 4.78 is 0. The van der Waals surface area contributed by atoms with Crippen molar-refractivity contribution >= 4 is 0 Å². The van der Waals surface area contributed by atoms with Gasteiger partial charge < -0.3 is 0 Å². The molecule has 1 aliphatic rings. The first-order valence-corrected chi connectivity index (χ1v) is 5.08. The predicted octanol–water partition coefficient (Wildman–Crippen LogP) is 2.24. The topological polar surface area (TPSA) is 3.24 Å². The highest BCUT2D eigenvalue weighted by Gasteiger charge is 2.21. The summed E-state index contributed by atoms with van der Waals surface area (Å²) in [6, 6.07) is 9.12. The van der Waals surface area contributed by atoms with E-state index < -0.39 is 0 Å². The van der Waals surface area contributed by atoms with Crippen molar-refractivity contribution in [1.82, 2.24) is 4.90 Å². The lowest BCUT2D eigenvalue weighted by atomic mass is 9.94. The molecule has 0 saturated carbocycles. The number of benzene rings is 1. The quantitative estimate of drug-likeness (QED) is 0.606. The predicted molar refractivity (Wildman–Crippen MR) is 59.0 cm³/mol. The average molecular weight is 185 g/mol. The molecular formula is C13H15N. The van der Waals surface area contributed by atoms with Crippen molar-refractivity contribution in [2.24, 2.45) is 0 Å². The zero-order chi connectivity index (χ0) is 9.97. The number of nitrogens with zero attached hydrogens (tertiary/aromatic N) is 1.